The zero-order valence-electron chi connectivity index (χ0n) is 14.5. The second-order valence-corrected chi connectivity index (χ2v) is 6.78. The first-order valence-electron chi connectivity index (χ1n) is 8.52. The number of hydrogen-bond donors (Lipinski definition) is 1. The van der Waals surface area contributed by atoms with Gasteiger partial charge in [0.05, 0.1) is 5.39 Å². The van der Waals surface area contributed by atoms with E-state index in [4.69, 9.17) is 4.74 Å². The van der Waals surface area contributed by atoms with Crippen molar-refractivity contribution in [2.45, 2.75) is 6.54 Å². The van der Waals surface area contributed by atoms with Crippen molar-refractivity contribution in [3.05, 3.63) is 77.9 Å². The van der Waals surface area contributed by atoms with Crippen molar-refractivity contribution in [3.8, 4) is 17.0 Å². The van der Waals surface area contributed by atoms with E-state index in [1.54, 1.807) is 0 Å². The van der Waals surface area contributed by atoms with Crippen LogP contribution in [-0.4, -0.2) is 22.5 Å². The Morgan fingerprint density at radius 1 is 1.00 bits per heavy atom. The quantitative estimate of drug-likeness (QED) is 0.552. The number of benzene rings is 2. The smallest absolute Gasteiger partial charge is 0.258 e. The summed E-state index contributed by atoms with van der Waals surface area (Å²) >= 11 is 1.53. The van der Waals surface area contributed by atoms with Crippen LogP contribution < -0.4 is 10.1 Å². The molecule has 4 rings (SSSR count). The highest BCUT2D eigenvalue weighted by atomic mass is 32.1. The number of fused-ring (bicyclic) bond motifs is 1. The molecule has 0 aliphatic carbocycles. The maximum atomic E-state index is 12.1. The second kappa shape index (κ2) is 7.97. The molecular weight excluding hydrogens is 358 g/mol. The van der Waals surface area contributed by atoms with Crippen molar-refractivity contribution < 1.29 is 9.53 Å². The molecule has 4 aromatic rings. The number of nitrogens with one attached hydrogen (secondary N) is 1. The van der Waals surface area contributed by atoms with Gasteiger partial charge in [0, 0.05) is 17.5 Å². The molecule has 0 unspecified atom stereocenters. The molecule has 1 N–H and O–H groups in total. The fourth-order valence-corrected chi connectivity index (χ4v) is 3.68. The molecule has 6 heteroatoms. The molecule has 2 aromatic carbocycles. The third-order valence-electron chi connectivity index (χ3n) is 4.09. The zero-order chi connectivity index (χ0) is 18.5. The number of ether oxygens (including phenoxy) is 1. The minimum atomic E-state index is -0.192. The van der Waals surface area contributed by atoms with Crippen molar-refractivity contribution in [2.75, 3.05) is 6.61 Å². The van der Waals surface area contributed by atoms with Gasteiger partial charge in [-0.25, -0.2) is 9.97 Å². The zero-order valence-corrected chi connectivity index (χ0v) is 15.3. The minimum absolute atomic E-state index is 0.0942. The van der Waals surface area contributed by atoms with Crippen LogP contribution in [-0.2, 0) is 11.3 Å². The Labute approximate surface area is 160 Å². The molecule has 5 nitrogen and oxygen atoms in total. The monoisotopic (exact) mass is 375 g/mol. The van der Waals surface area contributed by atoms with Crippen LogP contribution >= 0.6 is 11.3 Å². The van der Waals surface area contributed by atoms with Gasteiger partial charge in [0.25, 0.3) is 5.91 Å². The first-order valence-corrected chi connectivity index (χ1v) is 9.40. The van der Waals surface area contributed by atoms with E-state index in [0.717, 1.165) is 26.9 Å². The average molecular weight is 375 g/mol. The Kier molecular flexibility index (Phi) is 5.07. The number of thiophene rings is 1. The number of aromatic nitrogens is 2. The number of amides is 1. The third kappa shape index (κ3) is 3.96. The predicted molar refractivity (Wildman–Crippen MR) is 107 cm³/mol. The van der Waals surface area contributed by atoms with Gasteiger partial charge in [-0.15, -0.1) is 11.3 Å². The Bertz CT molecular complexity index is 1050. The molecule has 0 aliphatic rings. The SMILES string of the molecule is O=C(COc1ncnc2scc(-c3ccccc3)c12)NCc1ccccc1. The summed E-state index contributed by atoms with van der Waals surface area (Å²) in [5, 5.41) is 5.73. The van der Waals surface area contributed by atoms with E-state index >= 15 is 0 Å². The Morgan fingerprint density at radius 3 is 2.52 bits per heavy atom. The van der Waals surface area contributed by atoms with Gasteiger partial charge in [-0.05, 0) is 11.1 Å². The van der Waals surface area contributed by atoms with E-state index in [1.807, 2.05) is 66.0 Å². The number of nitrogens with zero attached hydrogens (tertiary/aromatic N) is 2. The molecule has 0 saturated carbocycles. The summed E-state index contributed by atoms with van der Waals surface area (Å²) in [6.45, 7) is 0.374. The molecular formula is C21H17N3O2S. The number of carbonyl (C=O) groups excluding carboxylic acids is 1. The van der Waals surface area contributed by atoms with Crippen LogP contribution in [0.3, 0.4) is 0 Å². The van der Waals surface area contributed by atoms with E-state index in [1.165, 1.54) is 17.7 Å². The topological polar surface area (TPSA) is 64.1 Å². The van der Waals surface area contributed by atoms with Crippen LogP contribution in [0.15, 0.2) is 72.4 Å². The number of rotatable bonds is 6. The van der Waals surface area contributed by atoms with Crippen LogP contribution in [0, 0.1) is 0 Å². The number of carbonyl (C=O) groups is 1. The average Bonchev–Trinajstić information content (AvgIpc) is 3.17. The van der Waals surface area contributed by atoms with Crippen LogP contribution in [0.1, 0.15) is 5.56 Å². The Hall–Kier alpha value is -3.25. The molecule has 0 spiro atoms. The van der Waals surface area contributed by atoms with Crippen molar-refractivity contribution >= 4 is 27.5 Å². The molecule has 27 heavy (non-hydrogen) atoms. The highest BCUT2D eigenvalue weighted by Gasteiger charge is 2.15. The van der Waals surface area contributed by atoms with E-state index in [9.17, 15) is 4.79 Å². The highest BCUT2D eigenvalue weighted by molar-refractivity contribution is 7.17. The highest BCUT2D eigenvalue weighted by Crippen LogP contribution is 2.37. The Balaban J connectivity index is 1.49. The predicted octanol–water partition coefficient (Wildman–Crippen LogP) is 4.05. The standard InChI is InChI=1S/C21H17N3O2S/c25-18(22-11-15-7-3-1-4-8-15)12-26-20-19-17(16-9-5-2-6-10-16)13-27-21(19)24-14-23-20/h1-10,13-14H,11-12H2,(H,22,25). The molecule has 0 bridgehead atoms. The molecule has 0 atom stereocenters. The summed E-state index contributed by atoms with van der Waals surface area (Å²) in [5.74, 6) is 0.233. The summed E-state index contributed by atoms with van der Waals surface area (Å²) in [5.41, 5.74) is 3.12. The van der Waals surface area contributed by atoms with E-state index < -0.39 is 0 Å². The molecule has 2 aromatic heterocycles. The summed E-state index contributed by atoms with van der Waals surface area (Å²) in [7, 11) is 0. The largest absolute Gasteiger partial charge is 0.467 e. The lowest BCUT2D eigenvalue weighted by Gasteiger charge is -2.09. The lowest BCUT2D eigenvalue weighted by atomic mass is 10.1. The van der Waals surface area contributed by atoms with Crippen molar-refractivity contribution in [1.29, 1.82) is 0 Å². The van der Waals surface area contributed by atoms with Crippen LogP contribution in [0.25, 0.3) is 21.3 Å². The molecule has 0 radical (unpaired) electrons. The summed E-state index contributed by atoms with van der Waals surface area (Å²) < 4.78 is 5.73. The van der Waals surface area contributed by atoms with Gasteiger partial charge in [-0.3, -0.25) is 4.79 Å². The van der Waals surface area contributed by atoms with Gasteiger partial charge in [-0.2, -0.15) is 0 Å². The summed E-state index contributed by atoms with van der Waals surface area (Å²) in [6.07, 6.45) is 1.46. The van der Waals surface area contributed by atoms with Crippen LogP contribution in [0.2, 0.25) is 0 Å². The molecule has 0 fully saturated rings. The third-order valence-corrected chi connectivity index (χ3v) is 4.98. The Morgan fingerprint density at radius 2 is 1.74 bits per heavy atom. The summed E-state index contributed by atoms with van der Waals surface area (Å²) in [6, 6.07) is 19.8. The van der Waals surface area contributed by atoms with E-state index in [2.05, 4.69) is 15.3 Å². The molecule has 0 saturated heterocycles. The number of hydrogen-bond acceptors (Lipinski definition) is 5. The van der Waals surface area contributed by atoms with Crippen LogP contribution in [0.4, 0.5) is 0 Å². The van der Waals surface area contributed by atoms with Gasteiger partial charge in [0.15, 0.2) is 6.61 Å². The lowest BCUT2D eigenvalue weighted by Crippen LogP contribution is -2.28. The van der Waals surface area contributed by atoms with E-state index in [-0.39, 0.29) is 12.5 Å². The maximum Gasteiger partial charge on any atom is 0.258 e. The van der Waals surface area contributed by atoms with Gasteiger partial charge < -0.3 is 10.1 Å². The van der Waals surface area contributed by atoms with Crippen molar-refractivity contribution in [1.82, 2.24) is 15.3 Å². The lowest BCUT2D eigenvalue weighted by molar-refractivity contribution is -0.123. The normalized spacial score (nSPS) is 10.7. The fourth-order valence-electron chi connectivity index (χ4n) is 2.77. The van der Waals surface area contributed by atoms with Gasteiger partial charge in [0.2, 0.25) is 5.88 Å². The van der Waals surface area contributed by atoms with Crippen molar-refractivity contribution in [2.24, 2.45) is 0 Å². The fraction of sp³-hybridized carbons (Fsp3) is 0.0952. The maximum absolute atomic E-state index is 12.1. The molecule has 0 aliphatic heterocycles. The van der Waals surface area contributed by atoms with Crippen LogP contribution in [0.5, 0.6) is 5.88 Å². The van der Waals surface area contributed by atoms with Gasteiger partial charge in [0.1, 0.15) is 11.2 Å². The summed E-state index contributed by atoms with van der Waals surface area (Å²) in [4.78, 5) is 21.5. The first kappa shape index (κ1) is 17.2. The minimum Gasteiger partial charge on any atom is -0.467 e. The molecule has 1 amide bonds. The van der Waals surface area contributed by atoms with E-state index in [0.29, 0.717) is 12.4 Å². The second-order valence-electron chi connectivity index (χ2n) is 5.93. The van der Waals surface area contributed by atoms with Gasteiger partial charge in [-0.1, -0.05) is 60.7 Å². The van der Waals surface area contributed by atoms with Crippen molar-refractivity contribution in [3.63, 3.8) is 0 Å². The molecule has 134 valence electrons. The molecule has 2 heterocycles. The van der Waals surface area contributed by atoms with Gasteiger partial charge >= 0.3 is 0 Å². The first-order chi connectivity index (χ1) is 13.3.